The van der Waals surface area contributed by atoms with E-state index in [9.17, 15) is 4.79 Å². The Bertz CT molecular complexity index is 982. The number of pyridine rings is 1. The van der Waals surface area contributed by atoms with Crippen molar-refractivity contribution in [2.24, 2.45) is 0 Å². The third-order valence-corrected chi connectivity index (χ3v) is 3.42. The molecule has 0 bridgehead atoms. The van der Waals surface area contributed by atoms with Crippen molar-refractivity contribution >= 4 is 5.65 Å². The van der Waals surface area contributed by atoms with E-state index in [2.05, 4.69) is 10.3 Å². The van der Waals surface area contributed by atoms with Gasteiger partial charge >= 0.3 is 5.69 Å². The fourth-order valence-corrected chi connectivity index (χ4v) is 2.35. The molecule has 6 heteroatoms. The molecule has 3 heterocycles. The van der Waals surface area contributed by atoms with E-state index >= 15 is 0 Å². The van der Waals surface area contributed by atoms with Gasteiger partial charge in [-0.15, -0.1) is 5.10 Å². The molecule has 0 unspecified atom stereocenters. The number of benzene rings is 1. The highest BCUT2D eigenvalue weighted by atomic mass is 16.5. The van der Waals surface area contributed by atoms with Crippen LogP contribution in [0.2, 0.25) is 0 Å². The third-order valence-electron chi connectivity index (χ3n) is 3.42. The summed E-state index contributed by atoms with van der Waals surface area (Å²) < 4.78 is 8.18. The lowest BCUT2D eigenvalue weighted by atomic mass is 10.1. The van der Waals surface area contributed by atoms with Crippen LogP contribution in [-0.4, -0.2) is 19.3 Å². The number of rotatable bonds is 3. The van der Waals surface area contributed by atoms with E-state index < -0.39 is 0 Å². The number of nitrogens with zero attached hydrogens (tertiary/aromatic N) is 4. The first-order chi connectivity index (χ1) is 10.8. The summed E-state index contributed by atoms with van der Waals surface area (Å²) in [5, 5.41) is 8.31. The molecule has 0 spiro atoms. The van der Waals surface area contributed by atoms with Crippen LogP contribution >= 0.6 is 0 Å². The zero-order chi connectivity index (χ0) is 14.9. The molecule has 4 aromatic rings. The molecular formula is C16H12N4O2. The molecule has 0 aliphatic carbocycles. The third kappa shape index (κ3) is 2.10. The highest BCUT2D eigenvalue weighted by Gasteiger charge is 2.11. The Kier molecular flexibility index (Phi) is 2.86. The molecule has 3 aromatic heterocycles. The summed E-state index contributed by atoms with van der Waals surface area (Å²) in [4.78, 5) is 12.2. The minimum Gasteiger partial charge on any atom is -0.359 e. The normalized spacial score (nSPS) is 11.1. The quantitative estimate of drug-likeness (QED) is 0.580. The largest absolute Gasteiger partial charge is 0.359 e. The lowest BCUT2D eigenvalue weighted by Gasteiger charge is -1.93. The molecule has 0 aliphatic heterocycles. The predicted octanol–water partition coefficient (Wildman–Crippen LogP) is 2.20. The fraction of sp³-hybridized carbons (Fsp3) is 0.0625. The standard InChI is InChI=1S/C16H12N4O2/c21-16-19-9-5-4-8-15(19)17-20(16)11-13-10-14(18-22-13)12-6-2-1-3-7-12/h1-10H,11H2. The van der Waals surface area contributed by atoms with Crippen molar-refractivity contribution in [1.82, 2.24) is 19.3 Å². The van der Waals surface area contributed by atoms with E-state index in [1.54, 1.807) is 18.3 Å². The molecule has 0 atom stereocenters. The molecule has 0 saturated heterocycles. The van der Waals surface area contributed by atoms with Gasteiger partial charge in [-0.1, -0.05) is 41.6 Å². The van der Waals surface area contributed by atoms with Gasteiger partial charge in [-0.05, 0) is 12.1 Å². The Morgan fingerprint density at radius 3 is 2.68 bits per heavy atom. The fourth-order valence-electron chi connectivity index (χ4n) is 2.35. The SMILES string of the molecule is O=c1n(Cc2cc(-c3ccccc3)no2)nc2ccccn12. The first-order valence-electron chi connectivity index (χ1n) is 6.86. The zero-order valence-electron chi connectivity index (χ0n) is 11.6. The van der Waals surface area contributed by atoms with Crippen molar-refractivity contribution in [1.29, 1.82) is 0 Å². The molecule has 0 saturated carbocycles. The molecular weight excluding hydrogens is 280 g/mol. The van der Waals surface area contributed by atoms with Gasteiger partial charge in [-0.3, -0.25) is 4.40 Å². The van der Waals surface area contributed by atoms with Crippen molar-refractivity contribution < 1.29 is 4.52 Å². The molecule has 108 valence electrons. The van der Waals surface area contributed by atoms with E-state index in [0.29, 0.717) is 11.4 Å². The Morgan fingerprint density at radius 1 is 1.05 bits per heavy atom. The smallest absolute Gasteiger partial charge is 0.350 e. The maximum Gasteiger partial charge on any atom is 0.350 e. The van der Waals surface area contributed by atoms with E-state index in [1.165, 1.54) is 9.08 Å². The second-order valence-electron chi connectivity index (χ2n) is 4.91. The van der Waals surface area contributed by atoms with Gasteiger partial charge < -0.3 is 4.52 Å². The van der Waals surface area contributed by atoms with Gasteiger partial charge in [0.25, 0.3) is 0 Å². The minimum absolute atomic E-state index is 0.201. The second-order valence-corrected chi connectivity index (χ2v) is 4.91. The molecule has 1 aromatic carbocycles. The van der Waals surface area contributed by atoms with E-state index in [4.69, 9.17) is 4.52 Å². The van der Waals surface area contributed by atoms with Crippen LogP contribution in [0.15, 0.2) is 70.1 Å². The van der Waals surface area contributed by atoms with Gasteiger partial charge in [0.1, 0.15) is 12.2 Å². The summed E-state index contributed by atoms with van der Waals surface area (Å²) in [7, 11) is 0. The van der Waals surface area contributed by atoms with Gasteiger partial charge in [-0.2, -0.15) is 0 Å². The maximum atomic E-state index is 12.2. The second kappa shape index (κ2) is 5.00. The molecule has 0 fully saturated rings. The van der Waals surface area contributed by atoms with Gasteiger partial charge in [0.05, 0.1) is 0 Å². The van der Waals surface area contributed by atoms with E-state index in [1.807, 2.05) is 42.5 Å². The number of hydrogen-bond acceptors (Lipinski definition) is 4. The predicted molar refractivity (Wildman–Crippen MR) is 80.5 cm³/mol. The van der Waals surface area contributed by atoms with Crippen molar-refractivity contribution in [3.63, 3.8) is 0 Å². The van der Waals surface area contributed by atoms with Crippen LogP contribution in [0.4, 0.5) is 0 Å². The molecule has 22 heavy (non-hydrogen) atoms. The van der Waals surface area contributed by atoms with Gasteiger partial charge in [-0.25, -0.2) is 9.48 Å². The average molecular weight is 292 g/mol. The average Bonchev–Trinajstić information content (AvgIpc) is 3.15. The summed E-state index contributed by atoms with van der Waals surface area (Å²) in [5.41, 5.74) is 2.12. The van der Waals surface area contributed by atoms with Crippen LogP contribution in [0, 0.1) is 0 Å². The van der Waals surface area contributed by atoms with E-state index in [0.717, 1.165) is 11.3 Å². The van der Waals surface area contributed by atoms with Gasteiger partial charge in [0.2, 0.25) is 0 Å². The molecule has 0 aliphatic rings. The highest BCUT2D eigenvalue weighted by molar-refractivity contribution is 5.58. The van der Waals surface area contributed by atoms with Gasteiger partial charge in [0.15, 0.2) is 11.4 Å². The Morgan fingerprint density at radius 2 is 1.86 bits per heavy atom. The summed E-state index contributed by atoms with van der Waals surface area (Å²) in [6.45, 7) is 0.250. The van der Waals surface area contributed by atoms with Crippen LogP contribution in [0.1, 0.15) is 5.76 Å². The van der Waals surface area contributed by atoms with Crippen LogP contribution < -0.4 is 5.69 Å². The molecule has 0 N–H and O–H groups in total. The molecule has 4 rings (SSSR count). The Labute approximate surface area is 125 Å². The molecule has 0 amide bonds. The Hall–Kier alpha value is -3.15. The monoisotopic (exact) mass is 292 g/mol. The zero-order valence-corrected chi connectivity index (χ0v) is 11.6. The first kappa shape index (κ1) is 12.6. The summed E-state index contributed by atoms with van der Waals surface area (Å²) in [6.07, 6.45) is 1.69. The summed E-state index contributed by atoms with van der Waals surface area (Å²) >= 11 is 0. The maximum absolute atomic E-state index is 12.2. The van der Waals surface area contributed by atoms with Crippen LogP contribution in [0.25, 0.3) is 16.9 Å². The number of aromatic nitrogens is 4. The minimum atomic E-state index is -0.201. The van der Waals surface area contributed by atoms with Crippen LogP contribution in [0.5, 0.6) is 0 Å². The van der Waals surface area contributed by atoms with Crippen molar-refractivity contribution in [3.8, 4) is 11.3 Å². The van der Waals surface area contributed by atoms with Crippen LogP contribution in [-0.2, 0) is 6.54 Å². The first-order valence-corrected chi connectivity index (χ1v) is 6.86. The van der Waals surface area contributed by atoms with Gasteiger partial charge in [0, 0.05) is 17.8 Å². The van der Waals surface area contributed by atoms with Crippen molar-refractivity contribution in [2.45, 2.75) is 6.54 Å². The summed E-state index contributed by atoms with van der Waals surface area (Å²) in [6, 6.07) is 17.0. The van der Waals surface area contributed by atoms with Crippen molar-refractivity contribution in [3.05, 3.63) is 77.0 Å². The van der Waals surface area contributed by atoms with Crippen LogP contribution in [0.3, 0.4) is 0 Å². The lowest BCUT2D eigenvalue weighted by Crippen LogP contribution is -2.21. The Balaban J connectivity index is 1.67. The van der Waals surface area contributed by atoms with E-state index in [-0.39, 0.29) is 12.2 Å². The number of fused-ring (bicyclic) bond motifs is 1. The van der Waals surface area contributed by atoms with Crippen molar-refractivity contribution in [2.75, 3.05) is 0 Å². The molecule has 6 nitrogen and oxygen atoms in total. The molecule has 0 radical (unpaired) electrons. The summed E-state index contributed by atoms with van der Waals surface area (Å²) in [5.74, 6) is 0.587. The highest BCUT2D eigenvalue weighted by Crippen LogP contribution is 2.18. The lowest BCUT2D eigenvalue weighted by molar-refractivity contribution is 0.371. The topological polar surface area (TPSA) is 65.3 Å². The number of hydrogen-bond donors (Lipinski definition) is 0.